The highest BCUT2D eigenvalue weighted by atomic mass is 32.2. The van der Waals surface area contributed by atoms with E-state index in [0.717, 1.165) is 9.18 Å². The standard InChI is InChI=1S/C15H19N3O3S3/c1-11(13-5-4-8-22-13)17-14(19)10-23-15-7-6-12(9-16-15)24(20,21)18(2)3/h4-9,11H,10H2,1-3H3,(H,17,19)/t11-/m0/s1. The molecule has 0 unspecified atom stereocenters. The Morgan fingerprint density at radius 3 is 2.67 bits per heavy atom. The summed E-state index contributed by atoms with van der Waals surface area (Å²) in [5, 5.41) is 5.50. The minimum Gasteiger partial charge on any atom is -0.348 e. The molecule has 0 radical (unpaired) electrons. The first-order valence-electron chi connectivity index (χ1n) is 7.15. The first kappa shape index (κ1) is 18.9. The molecule has 0 bridgehead atoms. The van der Waals surface area contributed by atoms with E-state index in [2.05, 4.69) is 10.3 Å². The minimum absolute atomic E-state index is 0.0290. The van der Waals surface area contributed by atoms with Gasteiger partial charge >= 0.3 is 0 Å². The van der Waals surface area contributed by atoms with Crippen molar-refractivity contribution in [1.82, 2.24) is 14.6 Å². The fourth-order valence-electron chi connectivity index (χ4n) is 1.85. The Bertz CT molecular complexity index is 772. The number of sulfonamides is 1. The Kier molecular flexibility index (Phi) is 6.39. The van der Waals surface area contributed by atoms with Crippen LogP contribution in [0, 0.1) is 0 Å². The zero-order valence-corrected chi connectivity index (χ0v) is 16.0. The molecule has 0 fully saturated rings. The number of carbonyl (C=O) groups excluding carboxylic acids is 1. The maximum Gasteiger partial charge on any atom is 0.244 e. The van der Waals surface area contributed by atoms with E-state index in [-0.39, 0.29) is 22.6 Å². The molecule has 0 aliphatic carbocycles. The van der Waals surface area contributed by atoms with Crippen LogP contribution in [0.25, 0.3) is 0 Å². The van der Waals surface area contributed by atoms with Crippen LogP contribution in [0.2, 0.25) is 0 Å². The molecule has 24 heavy (non-hydrogen) atoms. The highest BCUT2D eigenvalue weighted by molar-refractivity contribution is 7.99. The number of nitrogens with one attached hydrogen (secondary N) is 1. The lowest BCUT2D eigenvalue weighted by Gasteiger charge is -2.12. The van der Waals surface area contributed by atoms with Crippen LogP contribution in [0.3, 0.4) is 0 Å². The van der Waals surface area contributed by atoms with E-state index >= 15 is 0 Å². The van der Waals surface area contributed by atoms with Crippen molar-refractivity contribution in [2.45, 2.75) is 22.9 Å². The van der Waals surface area contributed by atoms with E-state index in [9.17, 15) is 13.2 Å². The number of amides is 1. The predicted octanol–water partition coefficient (Wildman–Crippen LogP) is 2.36. The lowest BCUT2D eigenvalue weighted by Crippen LogP contribution is -2.27. The topological polar surface area (TPSA) is 79.4 Å². The Hall–Kier alpha value is -1.42. The second-order valence-electron chi connectivity index (χ2n) is 5.21. The van der Waals surface area contributed by atoms with Gasteiger partial charge in [-0.1, -0.05) is 17.8 Å². The Labute approximate surface area is 150 Å². The van der Waals surface area contributed by atoms with Crippen molar-refractivity contribution < 1.29 is 13.2 Å². The molecule has 0 spiro atoms. The number of hydrogen-bond donors (Lipinski definition) is 1. The van der Waals surface area contributed by atoms with E-state index < -0.39 is 10.0 Å². The first-order valence-corrected chi connectivity index (χ1v) is 10.5. The third-order valence-electron chi connectivity index (χ3n) is 3.19. The maximum absolute atomic E-state index is 12.0. The van der Waals surface area contributed by atoms with E-state index in [1.165, 1.54) is 38.1 Å². The molecule has 2 aromatic rings. The highest BCUT2D eigenvalue weighted by Crippen LogP contribution is 2.20. The van der Waals surface area contributed by atoms with Gasteiger partial charge < -0.3 is 5.32 Å². The van der Waals surface area contributed by atoms with Crippen LogP contribution in [-0.4, -0.2) is 43.5 Å². The van der Waals surface area contributed by atoms with Crippen LogP contribution in [-0.2, 0) is 14.8 Å². The monoisotopic (exact) mass is 385 g/mol. The number of aromatic nitrogens is 1. The van der Waals surface area contributed by atoms with Gasteiger partial charge in [-0.25, -0.2) is 17.7 Å². The van der Waals surface area contributed by atoms with Crippen LogP contribution < -0.4 is 5.32 Å². The molecule has 0 aliphatic heterocycles. The number of rotatable bonds is 7. The molecule has 1 atom stereocenters. The molecule has 2 rings (SSSR count). The Morgan fingerprint density at radius 2 is 2.12 bits per heavy atom. The average molecular weight is 386 g/mol. The smallest absolute Gasteiger partial charge is 0.244 e. The zero-order chi connectivity index (χ0) is 17.7. The molecule has 130 valence electrons. The van der Waals surface area contributed by atoms with Gasteiger partial charge in [-0.05, 0) is 30.5 Å². The second kappa shape index (κ2) is 8.11. The van der Waals surface area contributed by atoms with Crippen LogP contribution in [0.15, 0.2) is 45.8 Å². The fourth-order valence-corrected chi connectivity index (χ4v) is 4.08. The van der Waals surface area contributed by atoms with Crippen LogP contribution in [0.4, 0.5) is 0 Å². The molecule has 2 aromatic heterocycles. The average Bonchev–Trinajstić information content (AvgIpc) is 3.07. The van der Waals surface area contributed by atoms with Gasteiger partial charge in [0.2, 0.25) is 15.9 Å². The summed E-state index contributed by atoms with van der Waals surface area (Å²) in [6.45, 7) is 1.94. The summed E-state index contributed by atoms with van der Waals surface area (Å²) in [4.78, 5) is 17.3. The zero-order valence-electron chi connectivity index (χ0n) is 13.6. The van der Waals surface area contributed by atoms with Crippen molar-refractivity contribution in [3.63, 3.8) is 0 Å². The summed E-state index contributed by atoms with van der Waals surface area (Å²) in [5.41, 5.74) is 0. The summed E-state index contributed by atoms with van der Waals surface area (Å²) in [5.74, 6) is 0.135. The van der Waals surface area contributed by atoms with Gasteiger partial charge in [-0.2, -0.15) is 0 Å². The summed E-state index contributed by atoms with van der Waals surface area (Å²) < 4.78 is 25.1. The first-order chi connectivity index (χ1) is 11.3. The van der Waals surface area contributed by atoms with Gasteiger partial charge in [0.1, 0.15) is 4.90 Å². The number of carbonyl (C=O) groups is 1. The summed E-state index contributed by atoms with van der Waals surface area (Å²) in [6, 6.07) is 7.01. The lowest BCUT2D eigenvalue weighted by molar-refractivity contribution is -0.119. The number of pyridine rings is 1. The SMILES string of the molecule is C[C@H](NC(=O)CSc1ccc(S(=O)(=O)N(C)C)cn1)c1cccs1. The molecule has 0 saturated carbocycles. The summed E-state index contributed by atoms with van der Waals surface area (Å²) in [6.07, 6.45) is 1.31. The number of thioether (sulfide) groups is 1. The van der Waals surface area contributed by atoms with Crippen molar-refractivity contribution in [2.75, 3.05) is 19.8 Å². The van der Waals surface area contributed by atoms with Crippen LogP contribution >= 0.6 is 23.1 Å². The molecule has 1 amide bonds. The van der Waals surface area contributed by atoms with E-state index in [1.807, 2.05) is 24.4 Å². The number of thiophene rings is 1. The van der Waals surface area contributed by atoms with E-state index in [1.54, 1.807) is 17.4 Å². The van der Waals surface area contributed by atoms with Crippen LogP contribution in [0.1, 0.15) is 17.8 Å². The third kappa shape index (κ3) is 4.79. The van der Waals surface area contributed by atoms with E-state index in [0.29, 0.717) is 5.03 Å². The molecule has 9 heteroatoms. The molecule has 0 saturated heterocycles. The van der Waals surface area contributed by atoms with Crippen molar-refractivity contribution in [3.05, 3.63) is 40.7 Å². The molecule has 0 aromatic carbocycles. The van der Waals surface area contributed by atoms with Crippen molar-refractivity contribution in [1.29, 1.82) is 0 Å². The normalized spacial score (nSPS) is 13.0. The van der Waals surface area contributed by atoms with Crippen molar-refractivity contribution in [3.8, 4) is 0 Å². The van der Waals surface area contributed by atoms with E-state index in [4.69, 9.17) is 0 Å². The second-order valence-corrected chi connectivity index (χ2v) is 9.34. The maximum atomic E-state index is 12.0. The Balaban J connectivity index is 1.89. The molecular weight excluding hydrogens is 366 g/mol. The van der Waals surface area contributed by atoms with Gasteiger partial charge in [0.25, 0.3) is 0 Å². The molecule has 2 heterocycles. The third-order valence-corrected chi connectivity index (χ3v) is 6.98. The van der Waals surface area contributed by atoms with Crippen molar-refractivity contribution in [2.24, 2.45) is 0 Å². The minimum atomic E-state index is -3.48. The number of nitrogens with zero attached hydrogens (tertiary/aromatic N) is 2. The van der Waals surface area contributed by atoms with Gasteiger partial charge in [-0.3, -0.25) is 4.79 Å². The molecule has 1 N–H and O–H groups in total. The van der Waals surface area contributed by atoms with Gasteiger partial charge in [0, 0.05) is 25.2 Å². The van der Waals surface area contributed by atoms with Gasteiger partial charge in [0.05, 0.1) is 16.8 Å². The largest absolute Gasteiger partial charge is 0.348 e. The fraction of sp³-hybridized carbons (Fsp3) is 0.333. The van der Waals surface area contributed by atoms with Gasteiger partial charge in [0.15, 0.2) is 0 Å². The Morgan fingerprint density at radius 1 is 1.38 bits per heavy atom. The number of hydrogen-bond acceptors (Lipinski definition) is 6. The summed E-state index contributed by atoms with van der Waals surface area (Å²) in [7, 11) is -0.544. The van der Waals surface area contributed by atoms with Gasteiger partial charge in [-0.15, -0.1) is 11.3 Å². The lowest BCUT2D eigenvalue weighted by atomic mass is 10.3. The highest BCUT2D eigenvalue weighted by Gasteiger charge is 2.17. The molecule has 0 aliphatic rings. The predicted molar refractivity (Wildman–Crippen MR) is 96.7 cm³/mol. The quantitative estimate of drug-likeness (QED) is 0.740. The molecule has 6 nitrogen and oxygen atoms in total. The summed E-state index contributed by atoms with van der Waals surface area (Å²) >= 11 is 2.87. The molecular formula is C15H19N3O3S3. The van der Waals surface area contributed by atoms with Crippen LogP contribution in [0.5, 0.6) is 0 Å². The van der Waals surface area contributed by atoms with Crippen molar-refractivity contribution >= 4 is 39.0 Å².